The minimum Gasteiger partial charge on any atom is -0.326 e. The third kappa shape index (κ3) is 3.24. The molecule has 1 rings (SSSR count). The van der Waals surface area contributed by atoms with Crippen molar-refractivity contribution in [2.75, 3.05) is 0 Å². The van der Waals surface area contributed by atoms with E-state index in [4.69, 9.17) is 5.73 Å². The Morgan fingerprint density at radius 2 is 1.53 bits per heavy atom. The number of hydrogen-bond donors (Lipinski definition) is 1. The SMILES string of the molecule is NCc1cc(I)c(C(F)(F)F)c(C(F)(F)F)c1. The fraction of sp³-hybridized carbons (Fsp3) is 0.333. The van der Waals surface area contributed by atoms with Crippen molar-refractivity contribution in [3.8, 4) is 0 Å². The van der Waals surface area contributed by atoms with Gasteiger partial charge in [-0.1, -0.05) is 0 Å². The van der Waals surface area contributed by atoms with Crippen molar-refractivity contribution in [1.29, 1.82) is 0 Å². The molecule has 17 heavy (non-hydrogen) atoms. The number of hydrogen-bond acceptors (Lipinski definition) is 1. The molecule has 1 nitrogen and oxygen atoms in total. The monoisotopic (exact) mass is 369 g/mol. The molecular formula is C9H6F6IN. The van der Waals surface area contributed by atoms with Crippen molar-refractivity contribution in [2.24, 2.45) is 5.73 Å². The second kappa shape index (κ2) is 4.63. The molecule has 2 N–H and O–H groups in total. The molecule has 0 aliphatic heterocycles. The van der Waals surface area contributed by atoms with E-state index in [0.29, 0.717) is 6.07 Å². The van der Waals surface area contributed by atoms with Gasteiger partial charge in [-0.15, -0.1) is 0 Å². The molecule has 8 heteroatoms. The summed E-state index contributed by atoms with van der Waals surface area (Å²) in [4.78, 5) is 0. The van der Waals surface area contributed by atoms with Gasteiger partial charge < -0.3 is 5.73 Å². The lowest BCUT2D eigenvalue weighted by Crippen LogP contribution is -2.19. The Morgan fingerprint density at radius 1 is 1.00 bits per heavy atom. The Balaban J connectivity index is 3.58. The predicted molar refractivity (Wildman–Crippen MR) is 57.1 cm³/mol. The van der Waals surface area contributed by atoms with Crippen LogP contribution in [0.3, 0.4) is 0 Å². The van der Waals surface area contributed by atoms with Crippen LogP contribution < -0.4 is 5.73 Å². The van der Waals surface area contributed by atoms with Crippen LogP contribution in [0.15, 0.2) is 12.1 Å². The second-order valence-electron chi connectivity index (χ2n) is 3.20. The lowest BCUT2D eigenvalue weighted by atomic mass is 10.0. The summed E-state index contributed by atoms with van der Waals surface area (Å²) in [6, 6.07) is 1.43. The standard InChI is InChI=1S/C9H6F6IN/c10-8(11,12)5-1-4(3-17)2-6(16)7(5)9(13,14)15/h1-2H,3,17H2. The van der Waals surface area contributed by atoms with Crippen molar-refractivity contribution in [2.45, 2.75) is 18.9 Å². The normalized spacial score (nSPS) is 12.9. The average molecular weight is 369 g/mol. The van der Waals surface area contributed by atoms with Crippen LogP contribution in [0, 0.1) is 3.57 Å². The molecule has 0 saturated heterocycles. The van der Waals surface area contributed by atoms with Crippen molar-refractivity contribution in [1.82, 2.24) is 0 Å². The Labute approximate surface area is 106 Å². The van der Waals surface area contributed by atoms with Gasteiger partial charge >= 0.3 is 12.4 Å². The summed E-state index contributed by atoms with van der Waals surface area (Å²) in [6.45, 7) is -0.253. The van der Waals surface area contributed by atoms with Gasteiger partial charge in [-0.25, -0.2) is 0 Å². The molecule has 1 aromatic carbocycles. The maximum Gasteiger partial charge on any atom is 0.418 e. The van der Waals surface area contributed by atoms with Crippen LogP contribution in [0.25, 0.3) is 0 Å². The Kier molecular flexibility index (Phi) is 3.97. The molecule has 0 aromatic heterocycles. The zero-order valence-corrected chi connectivity index (χ0v) is 10.2. The number of halogens is 7. The lowest BCUT2D eigenvalue weighted by molar-refractivity contribution is -0.162. The number of rotatable bonds is 1. The molecule has 0 fully saturated rings. The fourth-order valence-electron chi connectivity index (χ4n) is 1.29. The highest BCUT2D eigenvalue weighted by atomic mass is 127. The van der Waals surface area contributed by atoms with Crippen LogP contribution in [0.2, 0.25) is 0 Å². The largest absolute Gasteiger partial charge is 0.418 e. The molecule has 0 bridgehead atoms. The quantitative estimate of drug-likeness (QED) is 0.592. The van der Waals surface area contributed by atoms with Gasteiger partial charge in [-0.2, -0.15) is 26.3 Å². The minimum absolute atomic E-state index is 0.00900. The lowest BCUT2D eigenvalue weighted by Gasteiger charge is -2.18. The summed E-state index contributed by atoms with van der Waals surface area (Å²) in [7, 11) is 0. The molecule has 0 atom stereocenters. The van der Waals surface area contributed by atoms with Crippen molar-refractivity contribution >= 4 is 22.6 Å². The topological polar surface area (TPSA) is 26.0 Å². The van der Waals surface area contributed by atoms with Gasteiger partial charge in [0.1, 0.15) is 0 Å². The predicted octanol–water partition coefficient (Wildman–Crippen LogP) is 3.79. The number of alkyl halides is 6. The second-order valence-corrected chi connectivity index (χ2v) is 4.36. The molecule has 0 radical (unpaired) electrons. The first kappa shape index (κ1) is 14.6. The Hall–Kier alpha value is -0.510. The van der Waals surface area contributed by atoms with Crippen LogP contribution in [0.1, 0.15) is 16.7 Å². The molecule has 0 unspecified atom stereocenters. The maximum atomic E-state index is 12.5. The smallest absolute Gasteiger partial charge is 0.326 e. The van der Waals surface area contributed by atoms with Crippen LogP contribution in [0.5, 0.6) is 0 Å². The van der Waals surface area contributed by atoms with E-state index in [-0.39, 0.29) is 12.1 Å². The van der Waals surface area contributed by atoms with Crippen molar-refractivity contribution in [3.05, 3.63) is 32.4 Å². The van der Waals surface area contributed by atoms with E-state index in [2.05, 4.69) is 0 Å². The zero-order valence-electron chi connectivity index (χ0n) is 8.08. The van der Waals surface area contributed by atoms with E-state index in [1.54, 1.807) is 0 Å². The summed E-state index contributed by atoms with van der Waals surface area (Å²) in [5.74, 6) is 0. The van der Waals surface area contributed by atoms with Crippen LogP contribution in [0.4, 0.5) is 26.3 Å². The zero-order chi connectivity index (χ0) is 13.4. The Morgan fingerprint density at radius 3 is 1.88 bits per heavy atom. The van der Waals surface area contributed by atoms with E-state index in [9.17, 15) is 26.3 Å². The van der Waals surface area contributed by atoms with E-state index >= 15 is 0 Å². The van der Waals surface area contributed by atoms with Crippen LogP contribution in [-0.4, -0.2) is 0 Å². The fourth-order valence-corrected chi connectivity index (χ4v) is 2.29. The third-order valence-electron chi connectivity index (χ3n) is 1.97. The van der Waals surface area contributed by atoms with Crippen LogP contribution >= 0.6 is 22.6 Å². The molecule has 1 aromatic rings. The Bertz CT molecular complexity index is 423. The highest BCUT2D eigenvalue weighted by molar-refractivity contribution is 14.1. The first-order chi connectivity index (χ1) is 7.57. The number of benzene rings is 1. The first-order valence-corrected chi connectivity index (χ1v) is 5.32. The molecule has 0 heterocycles. The summed E-state index contributed by atoms with van der Waals surface area (Å²) in [5.41, 5.74) is 1.79. The van der Waals surface area contributed by atoms with E-state index in [0.717, 1.165) is 6.07 Å². The third-order valence-corrected chi connectivity index (χ3v) is 2.83. The summed E-state index contributed by atoms with van der Waals surface area (Å²) >= 11 is 1.22. The average Bonchev–Trinajstić information content (AvgIpc) is 2.12. The molecule has 0 saturated carbocycles. The summed E-state index contributed by atoms with van der Waals surface area (Å²) in [6.07, 6.45) is -10.1. The van der Waals surface area contributed by atoms with Gasteiger partial charge in [0.05, 0.1) is 11.1 Å². The van der Waals surface area contributed by atoms with E-state index < -0.39 is 27.0 Å². The van der Waals surface area contributed by atoms with Gasteiger partial charge in [-0.3, -0.25) is 0 Å². The van der Waals surface area contributed by atoms with Gasteiger partial charge in [0.25, 0.3) is 0 Å². The molecule has 0 spiro atoms. The molecular weight excluding hydrogens is 363 g/mol. The van der Waals surface area contributed by atoms with Crippen molar-refractivity contribution < 1.29 is 26.3 Å². The first-order valence-electron chi connectivity index (χ1n) is 4.24. The molecule has 96 valence electrons. The van der Waals surface area contributed by atoms with E-state index in [1.807, 2.05) is 0 Å². The molecule has 0 aliphatic carbocycles. The summed E-state index contributed by atoms with van der Waals surface area (Å²) < 4.78 is 74.7. The van der Waals surface area contributed by atoms with Crippen LogP contribution in [-0.2, 0) is 18.9 Å². The van der Waals surface area contributed by atoms with Gasteiger partial charge in [0.2, 0.25) is 0 Å². The minimum atomic E-state index is -5.06. The van der Waals surface area contributed by atoms with Crippen molar-refractivity contribution in [3.63, 3.8) is 0 Å². The highest BCUT2D eigenvalue weighted by Crippen LogP contribution is 2.42. The summed E-state index contributed by atoms with van der Waals surface area (Å²) in [5, 5.41) is 0. The van der Waals surface area contributed by atoms with Gasteiger partial charge in [0.15, 0.2) is 0 Å². The molecule has 0 aliphatic rings. The van der Waals surface area contributed by atoms with E-state index in [1.165, 1.54) is 22.6 Å². The van der Waals surface area contributed by atoms with Gasteiger partial charge in [-0.05, 0) is 40.3 Å². The molecule has 0 amide bonds. The van der Waals surface area contributed by atoms with Gasteiger partial charge in [0, 0.05) is 10.1 Å². The highest BCUT2D eigenvalue weighted by Gasteiger charge is 2.44. The maximum absolute atomic E-state index is 12.5. The number of nitrogens with two attached hydrogens (primary N) is 1.